The van der Waals surface area contributed by atoms with Crippen LogP contribution in [0, 0.1) is 6.92 Å². The van der Waals surface area contributed by atoms with Crippen molar-refractivity contribution in [2.45, 2.75) is 45.1 Å². The maximum absolute atomic E-state index is 13.0. The molecule has 0 saturated carbocycles. The molecular formula is C22H28N2O5S. The van der Waals surface area contributed by atoms with Crippen molar-refractivity contribution < 1.29 is 22.7 Å². The number of hydrogen-bond acceptors (Lipinski definition) is 5. The minimum Gasteiger partial charge on any atom is -0.454 e. The summed E-state index contributed by atoms with van der Waals surface area (Å²) in [6.45, 7) is 9.99. The highest BCUT2D eigenvalue weighted by molar-refractivity contribution is 7.89. The van der Waals surface area contributed by atoms with E-state index in [0.29, 0.717) is 35.7 Å². The molecule has 0 spiro atoms. The molecule has 3 rings (SSSR count). The first kappa shape index (κ1) is 22.1. The van der Waals surface area contributed by atoms with Crippen LogP contribution in [0.1, 0.15) is 49.2 Å². The lowest BCUT2D eigenvalue weighted by molar-refractivity contribution is 0.0911. The van der Waals surface area contributed by atoms with Gasteiger partial charge >= 0.3 is 0 Å². The van der Waals surface area contributed by atoms with Crippen molar-refractivity contribution in [2.75, 3.05) is 19.9 Å². The Kier molecular flexibility index (Phi) is 6.10. The van der Waals surface area contributed by atoms with Crippen LogP contribution in [0.5, 0.6) is 11.5 Å². The Balaban J connectivity index is 1.88. The number of rotatable bonds is 7. The Morgan fingerprint density at radius 1 is 1.07 bits per heavy atom. The molecule has 0 unspecified atom stereocenters. The Morgan fingerprint density at radius 2 is 1.73 bits per heavy atom. The molecule has 1 heterocycles. The van der Waals surface area contributed by atoms with E-state index in [1.54, 1.807) is 32.9 Å². The number of nitrogens with zero attached hydrogens (tertiary/aromatic N) is 1. The van der Waals surface area contributed by atoms with E-state index in [4.69, 9.17) is 9.47 Å². The van der Waals surface area contributed by atoms with Crippen LogP contribution in [-0.2, 0) is 15.6 Å². The van der Waals surface area contributed by atoms with Crippen molar-refractivity contribution in [1.82, 2.24) is 9.62 Å². The summed E-state index contributed by atoms with van der Waals surface area (Å²) in [4.78, 5) is 13.1. The number of carbonyl (C=O) groups is 1. The number of ether oxygens (including phenoxy) is 2. The van der Waals surface area contributed by atoms with Gasteiger partial charge < -0.3 is 14.8 Å². The minimum absolute atomic E-state index is 0.153. The van der Waals surface area contributed by atoms with Crippen molar-refractivity contribution in [1.29, 1.82) is 0 Å². The fourth-order valence-corrected chi connectivity index (χ4v) is 5.14. The zero-order chi connectivity index (χ0) is 22.1. The van der Waals surface area contributed by atoms with Gasteiger partial charge in [-0.3, -0.25) is 4.79 Å². The second-order valence-electron chi connectivity index (χ2n) is 7.72. The lowest BCUT2D eigenvalue weighted by Gasteiger charge is -2.27. The van der Waals surface area contributed by atoms with Crippen molar-refractivity contribution in [3.63, 3.8) is 0 Å². The first-order valence-corrected chi connectivity index (χ1v) is 11.4. The second-order valence-corrected chi connectivity index (χ2v) is 9.62. The molecule has 0 aliphatic carbocycles. The van der Waals surface area contributed by atoms with Crippen LogP contribution in [0.3, 0.4) is 0 Å². The van der Waals surface area contributed by atoms with Crippen molar-refractivity contribution in [3.8, 4) is 11.5 Å². The summed E-state index contributed by atoms with van der Waals surface area (Å²) >= 11 is 0. The van der Waals surface area contributed by atoms with E-state index in [1.165, 1.54) is 10.4 Å². The topological polar surface area (TPSA) is 84.9 Å². The summed E-state index contributed by atoms with van der Waals surface area (Å²) in [7, 11) is -3.67. The van der Waals surface area contributed by atoms with E-state index in [2.05, 4.69) is 5.32 Å². The molecule has 2 aromatic carbocycles. The van der Waals surface area contributed by atoms with Crippen molar-refractivity contribution in [2.24, 2.45) is 0 Å². The number of benzene rings is 2. The number of aryl methyl sites for hydroxylation is 1. The van der Waals surface area contributed by atoms with Crippen LogP contribution in [0.15, 0.2) is 41.3 Å². The predicted octanol–water partition coefficient (Wildman–Crippen LogP) is 3.42. The molecule has 8 heteroatoms. The van der Waals surface area contributed by atoms with E-state index < -0.39 is 15.6 Å². The molecule has 1 amide bonds. The van der Waals surface area contributed by atoms with Gasteiger partial charge in [0.1, 0.15) is 0 Å². The Bertz CT molecular complexity index is 1060. The summed E-state index contributed by atoms with van der Waals surface area (Å²) in [5, 5.41) is 2.99. The fourth-order valence-electron chi connectivity index (χ4n) is 3.44. The average molecular weight is 433 g/mol. The van der Waals surface area contributed by atoms with Crippen LogP contribution in [0.25, 0.3) is 0 Å². The highest BCUT2D eigenvalue weighted by atomic mass is 32.2. The van der Waals surface area contributed by atoms with Gasteiger partial charge in [-0.2, -0.15) is 4.31 Å². The summed E-state index contributed by atoms with van der Waals surface area (Å²) in [5.41, 5.74) is 1.04. The quantitative estimate of drug-likeness (QED) is 0.725. The van der Waals surface area contributed by atoms with E-state index in [1.807, 2.05) is 32.0 Å². The summed E-state index contributed by atoms with van der Waals surface area (Å²) < 4.78 is 38.1. The number of nitrogens with one attached hydrogen (secondary N) is 1. The molecule has 0 fully saturated rings. The third kappa shape index (κ3) is 4.15. The smallest absolute Gasteiger partial charge is 0.251 e. The highest BCUT2D eigenvalue weighted by Crippen LogP contribution is 2.35. The standard InChI is InChI=1S/C22H28N2O5S/c1-6-24(7-2)30(26,27)20-12-16(9-8-15(20)3)21(25)23-22(4,5)17-10-11-18-19(13-17)29-14-28-18/h8-13H,6-7,14H2,1-5H3,(H,23,25). The first-order valence-electron chi connectivity index (χ1n) is 9.93. The molecule has 0 aromatic heterocycles. The molecule has 1 aliphatic heterocycles. The van der Waals surface area contributed by atoms with Gasteiger partial charge in [-0.1, -0.05) is 26.0 Å². The molecule has 1 aliphatic rings. The van der Waals surface area contributed by atoms with Gasteiger partial charge in [-0.15, -0.1) is 0 Å². The normalized spacial score (nSPS) is 13.5. The number of fused-ring (bicyclic) bond motifs is 1. The Labute approximate surface area is 178 Å². The maximum atomic E-state index is 13.0. The van der Waals surface area contributed by atoms with Gasteiger partial charge in [0.25, 0.3) is 5.91 Å². The highest BCUT2D eigenvalue weighted by Gasteiger charge is 2.28. The zero-order valence-corrected chi connectivity index (χ0v) is 18.8. The summed E-state index contributed by atoms with van der Waals surface area (Å²) in [6, 6.07) is 10.3. The molecule has 2 aromatic rings. The first-order chi connectivity index (χ1) is 14.1. The number of sulfonamides is 1. The van der Waals surface area contributed by atoms with Gasteiger partial charge in [0.2, 0.25) is 16.8 Å². The van der Waals surface area contributed by atoms with E-state index in [9.17, 15) is 13.2 Å². The van der Waals surface area contributed by atoms with Crippen molar-refractivity contribution >= 4 is 15.9 Å². The van der Waals surface area contributed by atoms with Crippen LogP contribution < -0.4 is 14.8 Å². The van der Waals surface area contributed by atoms with Crippen LogP contribution >= 0.6 is 0 Å². The molecule has 0 bridgehead atoms. The zero-order valence-electron chi connectivity index (χ0n) is 18.0. The molecule has 30 heavy (non-hydrogen) atoms. The molecule has 1 N–H and O–H groups in total. The molecule has 0 radical (unpaired) electrons. The predicted molar refractivity (Wildman–Crippen MR) is 114 cm³/mol. The van der Waals surface area contributed by atoms with Crippen LogP contribution in [0.2, 0.25) is 0 Å². The van der Waals surface area contributed by atoms with Crippen molar-refractivity contribution in [3.05, 3.63) is 53.1 Å². The third-order valence-corrected chi connectivity index (χ3v) is 7.49. The largest absolute Gasteiger partial charge is 0.454 e. The van der Waals surface area contributed by atoms with Gasteiger partial charge in [0.05, 0.1) is 10.4 Å². The second kappa shape index (κ2) is 8.28. The molecule has 0 atom stereocenters. The van der Waals surface area contributed by atoms with Crippen LogP contribution in [0.4, 0.5) is 0 Å². The fraction of sp³-hybridized carbons (Fsp3) is 0.409. The lowest BCUT2D eigenvalue weighted by atomic mass is 9.93. The van der Waals surface area contributed by atoms with Gasteiger partial charge in [0, 0.05) is 18.7 Å². The van der Waals surface area contributed by atoms with Gasteiger partial charge in [-0.05, 0) is 56.2 Å². The molecule has 7 nitrogen and oxygen atoms in total. The number of amides is 1. The third-order valence-electron chi connectivity index (χ3n) is 5.29. The average Bonchev–Trinajstić information content (AvgIpc) is 3.16. The maximum Gasteiger partial charge on any atom is 0.251 e. The van der Waals surface area contributed by atoms with Gasteiger partial charge in [0.15, 0.2) is 11.5 Å². The van der Waals surface area contributed by atoms with Gasteiger partial charge in [-0.25, -0.2) is 8.42 Å². The number of hydrogen-bond donors (Lipinski definition) is 1. The summed E-state index contributed by atoms with van der Waals surface area (Å²) in [6.07, 6.45) is 0. The van der Waals surface area contributed by atoms with E-state index in [-0.39, 0.29) is 17.6 Å². The Hall–Kier alpha value is -2.58. The summed E-state index contributed by atoms with van der Waals surface area (Å²) in [5.74, 6) is 0.956. The lowest BCUT2D eigenvalue weighted by Crippen LogP contribution is -2.41. The molecule has 162 valence electrons. The SMILES string of the molecule is CCN(CC)S(=O)(=O)c1cc(C(=O)NC(C)(C)c2ccc3c(c2)OCO3)ccc1C. The number of carbonyl (C=O) groups excluding carboxylic acids is 1. The Morgan fingerprint density at radius 3 is 2.40 bits per heavy atom. The molecule has 0 saturated heterocycles. The minimum atomic E-state index is -3.67. The molecular weight excluding hydrogens is 404 g/mol. The monoisotopic (exact) mass is 432 g/mol. The van der Waals surface area contributed by atoms with E-state index in [0.717, 1.165) is 5.56 Å². The van der Waals surface area contributed by atoms with Crippen LogP contribution in [-0.4, -0.2) is 38.5 Å². The van der Waals surface area contributed by atoms with E-state index >= 15 is 0 Å².